The third kappa shape index (κ3) is 7.14. The highest BCUT2D eigenvalue weighted by atomic mass is 32.2. The molecule has 2 N–H and O–H groups in total. The Labute approximate surface area is 209 Å². The summed E-state index contributed by atoms with van der Waals surface area (Å²) in [6, 6.07) is 25.5. The first-order valence-electron chi connectivity index (χ1n) is 11.4. The first-order valence-corrected chi connectivity index (χ1v) is 12.4. The summed E-state index contributed by atoms with van der Waals surface area (Å²) in [4.78, 5) is 15.9. The van der Waals surface area contributed by atoms with E-state index in [0.29, 0.717) is 22.2 Å². The van der Waals surface area contributed by atoms with Gasteiger partial charge in [-0.3, -0.25) is 15.0 Å². The zero-order valence-electron chi connectivity index (χ0n) is 19.4. The van der Waals surface area contributed by atoms with E-state index in [-0.39, 0.29) is 10.6 Å². The molecule has 4 rings (SSSR count). The van der Waals surface area contributed by atoms with Crippen molar-refractivity contribution < 1.29 is 4.92 Å². The Hall–Kier alpha value is -3.69. The Bertz CT molecular complexity index is 1180. The number of hydrogen-bond acceptors (Lipinski definition) is 7. The lowest BCUT2D eigenvalue weighted by atomic mass is 10.1. The van der Waals surface area contributed by atoms with Crippen molar-refractivity contribution >= 4 is 34.5 Å². The number of piperazine rings is 1. The van der Waals surface area contributed by atoms with Gasteiger partial charge in [-0.25, -0.2) is 0 Å². The second-order valence-electron chi connectivity index (χ2n) is 8.21. The number of nitrogens with two attached hydrogens (primary N) is 1. The minimum atomic E-state index is -0.337. The third-order valence-electron chi connectivity index (χ3n) is 5.75. The molecule has 0 bridgehead atoms. The summed E-state index contributed by atoms with van der Waals surface area (Å²) in [5.74, 6) is 0.699. The van der Waals surface area contributed by atoms with Crippen molar-refractivity contribution in [1.82, 2.24) is 4.90 Å². The molecule has 1 saturated heterocycles. The molecule has 1 aliphatic heterocycles. The maximum atomic E-state index is 11.8. The molecule has 0 aromatic heterocycles. The number of nitrogens with zero attached hydrogens (tertiary/aromatic N) is 5. The van der Waals surface area contributed by atoms with Crippen LogP contribution in [0.4, 0.5) is 11.4 Å². The molecule has 0 atom stereocenters. The molecule has 3 aromatic rings. The molecule has 1 fully saturated rings. The van der Waals surface area contributed by atoms with E-state index in [0.717, 1.165) is 38.3 Å². The van der Waals surface area contributed by atoms with Crippen molar-refractivity contribution in [2.45, 2.75) is 12.3 Å². The Kier molecular flexibility index (Phi) is 8.48. The van der Waals surface area contributed by atoms with E-state index < -0.39 is 0 Å². The molecule has 8 nitrogen and oxygen atoms in total. The summed E-state index contributed by atoms with van der Waals surface area (Å²) in [7, 11) is 0. The fourth-order valence-electron chi connectivity index (χ4n) is 3.94. The van der Waals surface area contributed by atoms with Crippen LogP contribution >= 0.6 is 11.8 Å². The number of amidine groups is 1. The predicted molar refractivity (Wildman–Crippen MR) is 144 cm³/mol. The first kappa shape index (κ1) is 24.4. The number of benzene rings is 3. The van der Waals surface area contributed by atoms with Gasteiger partial charge in [-0.1, -0.05) is 78.5 Å². The molecule has 1 heterocycles. The quantitative estimate of drug-likeness (QED) is 0.217. The van der Waals surface area contributed by atoms with E-state index in [1.54, 1.807) is 6.07 Å². The van der Waals surface area contributed by atoms with Crippen LogP contribution in [0.3, 0.4) is 0 Å². The molecule has 0 amide bonds. The van der Waals surface area contributed by atoms with E-state index in [2.05, 4.69) is 32.1 Å². The Morgan fingerprint density at radius 2 is 1.63 bits per heavy atom. The van der Waals surface area contributed by atoms with Crippen molar-refractivity contribution in [1.29, 1.82) is 0 Å². The molecule has 0 radical (unpaired) electrons. The monoisotopic (exact) mass is 488 g/mol. The zero-order valence-corrected chi connectivity index (χ0v) is 20.2. The maximum Gasteiger partial charge on any atom is 0.293 e. The molecule has 3 aromatic carbocycles. The third-order valence-corrected chi connectivity index (χ3v) is 6.61. The maximum absolute atomic E-state index is 11.8. The summed E-state index contributed by atoms with van der Waals surface area (Å²) in [6.07, 6.45) is 1.49. The lowest BCUT2D eigenvalue weighted by molar-refractivity contribution is -0.384. The minimum Gasteiger partial charge on any atom is -0.377 e. The van der Waals surface area contributed by atoms with Crippen LogP contribution in [0.5, 0.6) is 0 Å². The van der Waals surface area contributed by atoms with Gasteiger partial charge in [0.2, 0.25) is 0 Å². The van der Waals surface area contributed by atoms with Crippen molar-refractivity contribution in [3.8, 4) is 0 Å². The van der Waals surface area contributed by atoms with Gasteiger partial charge in [0, 0.05) is 50.1 Å². The normalized spacial score (nSPS) is 15.0. The smallest absolute Gasteiger partial charge is 0.293 e. The summed E-state index contributed by atoms with van der Waals surface area (Å²) in [5.41, 5.74) is 9.65. The summed E-state index contributed by atoms with van der Waals surface area (Å²) in [6.45, 7) is 4.06. The van der Waals surface area contributed by atoms with Gasteiger partial charge in [-0.05, 0) is 17.2 Å². The Balaban J connectivity index is 1.36. The standard InChI is InChI=1S/C26H28N6O2S/c27-26(35-20-22-9-5-2-6-10-22)29-28-18-23-11-12-24(25(17-23)32(33)34)31-15-13-30(14-16-31)19-21-7-3-1-4-8-21/h1-12,17-18H,13-16,19-20H2,(H2,27,29). The lowest BCUT2D eigenvalue weighted by Crippen LogP contribution is -2.46. The SMILES string of the molecule is NC(=NN=Cc1ccc(N2CCN(Cc3ccccc3)CC2)c([N+](=O)[O-])c1)SCc1ccccc1. The van der Waals surface area contributed by atoms with Crippen LogP contribution in [0, 0.1) is 10.1 Å². The van der Waals surface area contributed by atoms with E-state index in [1.165, 1.54) is 29.6 Å². The first-order chi connectivity index (χ1) is 17.1. The summed E-state index contributed by atoms with van der Waals surface area (Å²) >= 11 is 1.39. The lowest BCUT2D eigenvalue weighted by Gasteiger charge is -2.35. The second-order valence-corrected chi connectivity index (χ2v) is 9.21. The van der Waals surface area contributed by atoms with E-state index >= 15 is 0 Å². The summed E-state index contributed by atoms with van der Waals surface area (Å²) < 4.78 is 0. The largest absolute Gasteiger partial charge is 0.377 e. The Morgan fingerprint density at radius 3 is 2.29 bits per heavy atom. The molecule has 0 spiro atoms. The fourth-order valence-corrected chi connectivity index (χ4v) is 4.55. The van der Waals surface area contributed by atoms with Crippen LogP contribution in [-0.4, -0.2) is 47.4 Å². The summed E-state index contributed by atoms with van der Waals surface area (Å²) in [5, 5.41) is 20.2. The molecule has 9 heteroatoms. The molecule has 1 aliphatic rings. The van der Waals surface area contributed by atoms with Gasteiger partial charge >= 0.3 is 0 Å². The number of thioether (sulfide) groups is 1. The second kappa shape index (κ2) is 12.1. The van der Waals surface area contributed by atoms with Gasteiger partial charge in [0.1, 0.15) is 5.69 Å². The minimum absolute atomic E-state index is 0.0702. The van der Waals surface area contributed by atoms with Crippen LogP contribution in [0.2, 0.25) is 0 Å². The van der Waals surface area contributed by atoms with Crippen molar-refractivity contribution in [3.05, 3.63) is 106 Å². The van der Waals surface area contributed by atoms with Crippen LogP contribution < -0.4 is 10.6 Å². The van der Waals surface area contributed by atoms with Gasteiger partial charge in [0.05, 0.1) is 11.1 Å². The van der Waals surface area contributed by atoms with Crippen LogP contribution in [-0.2, 0) is 12.3 Å². The van der Waals surface area contributed by atoms with Gasteiger partial charge in [-0.2, -0.15) is 5.10 Å². The van der Waals surface area contributed by atoms with E-state index in [9.17, 15) is 10.1 Å². The van der Waals surface area contributed by atoms with E-state index in [4.69, 9.17) is 5.73 Å². The van der Waals surface area contributed by atoms with Crippen molar-refractivity contribution in [3.63, 3.8) is 0 Å². The number of rotatable bonds is 8. The van der Waals surface area contributed by atoms with Crippen molar-refractivity contribution in [2.24, 2.45) is 15.9 Å². The molecule has 0 saturated carbocycles. The molecule has 0 aliphatic carbocycles. The Morgan fingerprint density at radius 1 is 0.971 bits per heavy atom. The molecular formula is C26H28N6O2S. The highest BCUT2D eigenvalue weighted by molar-refractivity contribution is 8.13. The molecular weight excluding hydrogens is 460 g/mol. The number of nitro benzene ring substituents is 1. The molecule has 35 heavy (non-hydrogen) atoms. The van der Waals surface area contributed by atoms with Gasteiger partial charge < -0.3 is 10.6 Å². The van der Waals surface area contributed by atoms with Crippen LogP contribution in [0.1, 0.15) is 16.7 Å². The topological polar surface area (TPSA) is 100 Å². The highest BCUT2D eigenvalue weighted by Gasteiger charge is 2.24. The average Bonchev–Trinajstić information content (AvgIpc) is 2.89. The van der Waals surface area contributed by atoms with Gasteiger partial charge in [-0.15, -0.1) is 5.10 Å². The zero-order chi connectivity index (χ0) is 24.5. The number of nitro groups is 1. The van der Waals surface area contributed by atoms with Crippen LogP contribution in [0.15, 0.2) is 89.1 Å². The number of anilines is 1. The van der Waals surface area contributed by atoms with Crippen molar-refractivity contribution in [2.75, 3.05) is 31.1 Å². The van der Waals surface area contributed by atoms with Gasteiger partial charge in [0.15, 0.2) is 5.17 Å². The fraction of sp³-hybridized carbons (Fsp3) is 0.231. The average molecular weight is 489 g/mol. The number of hydrogen-bond donors (Lipinski definition) is 1. The molecule has 180 valence electrons. The van der Waals surface area contributed by atoms with Crippen LogP contribution in [0.25, 0.3) is 0 Å². The highest BCUT2D eigenvalue weighted by Crippen LogP contribution is 2.30. The molecule has 0 unspecified atom stereocenters. The van der Waals surface area contributed by atoms with E-state index in [1.807, 2.05) is 54.6 Å². The predicted octanol–water partition coefficient (Wildman–Crippen LogP) is 4.50. The van der Waals surface area contributed by atoms with Gasteiger partial charge in [0.25, 0.3) is 5.69 Å².